The highest BCUT2D eigenvalue weighted by atomic mass is 16.7. The van der Waals surface area contributed by atoms with Crippen LogP contribution < -0.4 is 0 Å². The maximum Gasteiger partial charge on any atom is 0.157 e. The number of Topliss-reactive ketones (excluding diaryl/α,β-unsaturated/α-hetero) is 1. The van der Waals surface area contributed by atoms with Crippen LogP contribution in [0.5, 0.6) is 0 Å². The van der Waals surface area contributed by atoms with Gasteiger partial charge < -0.3 is 9.47 Å². The van der Waals surface area contributed by atoms with Gasteiger partial charge in [-0.05, 0) is 74.8 Å². The van der Waals surface area contributed by atoms with Gasteiger partial charge in [0, 0.05) is 13.0 Å². The molecule has 4 rings (SSSR count). The fourth-order valence-electron chi connectivity index (χ4n) is 6.46. The van der Waals surface area contributed by atoms with Gasteiger partial charge in [-0.15, -0.1) is 0 Å². The van der Waals surface area contributed by atoms with Crippen molar-refractivity contribution in [2.24, 2.45) is 11.3 Å². The van der Waals surface area contributed by atoms with E-state index in [1.807, 2.05) is 0 Å². The highest BCUT2D eigenvalue weighted by Crippen LogP contribution is 2.48. The first-order valence-corrected chi connectivity index (χ1v) is 15.0. The SMILES string of the molecule is CCCCCCCCCC(=O)C1(C2CCC(OC3CCCCO3)CC2)C=CC(c2ccccc2)=CC1. The third-order valence-corrected chi connectivity index (χ3v) is 8.74. The molecule has 2 aliphatic carbocycles. The lowest BCUT2D eigenvalue weighted by Crippen LogP contribution is -2.41. The molecule has 1 saturated carbocycles. The first kappa shape index (κ1) is 27.3. The number of ether oxygens (including phenoxy) is 2. The molecule has 0 aromatic heterocycles. The number of benzene rings is 1. The molecular formula is C33H48O3. The topological polar surface area (TPSA) is 35.5 Å². The monoisotopic (exact) mass is 492 g/mol. The fraction of sp³-hybridized carbons (Fsp3) is 0.667. The van der Waals surface area contributed by atoms with Crippen molar-refractivity contribution in [1.82, 2.24) is 0 Å². The van der Waals surface area contributed by atoms with Crippen LogP contribution in [-0.4, -0.2) is 24.8 Å². The first-order chi connectivity index (χ1) is 17.7. The van der Waals surface area contributed by atoms with Gasteiger partial charge in [0.2, 0.25) is 0 Å². The Morgan fingerprint density at radius 3 is 2.36 bits per heavy atom. The average Bonchev–Trinajstić information content (AvgIpc) is 2.94. The molecule has 1 aromatic rings. The molecule has 2 atom stereocenters. The van der Waals surface area contributed by atoms with E-state index in [9.17, 15) is 4.79 Å². The van der Waals surface area contributed by atoms with Crippen LogP contribution in [0.25, 0.3) is 5.57 Å². The second kappa shape index (κ2) is 14.3. The molecule has 2 unspecified atom stereocenters. The number of rotatable bonds is 13. The molecule has 1 saturated heterocycles. The predicted octanol–water partition coefficient (Wildman–Crippen LogP) is 8.83. The van der Waals surface area contributed by atoms with E-state index in [0.717, 1.165) is 64.4 Å². The number of allylic oxidation sites excluding steroid dienone is 4. The Hall–Kier alpha value is -1.71. The minimum Gasteiger partial charge on any atom is -0.353 e. The summed E-state index contributed by atoms with van der Waals surface area (Å²) in [6, 6.07) is 10.6. The molecule has 36 heavy (non-hydrogen) atoms. The lowest BCUT2D eigenvalue weighted by atomic mass is 9.61. The average molecular weight is 493 g/mol. The molecule has 1 heterocycles. The molecule has 3 nitrogen and oxygen atoms in total. The van der Waals surface area contributed by atoms with Gasteiger partial charge in [-0.2, -0.15) is 0 Å². The summed E-state index contributed by atoms with van der Waals surface area (Å²) in [4.78, 5) is 13.9. The van der Waals surface area contributed by atoms with E-state index in [4.69, 9.17) is 9.47 Å². The second-order valence-corrected chi connectivity index (χ2v) is 11.3. The molecule has 0 radical (unpaired) electrons. The van der Waals surface area contributed by atoms with Crippen molar-refractivity contribution in [2.45, 2.75) is 122 Å². The number of carbonyl (C=O) groups excluding carboxylic acids is 1. The number of unbranched alkanes of at least 4 members (excludes halogenated alkanes) is 6. The zero-order valence-corrected chi connectivity index (χ0v) is 22.6. The van der Waals surface area contributed by atoms with Crippen LogP contribution in [-0.2, 0) is 14.3 Å². The van der Waals surface area contributed by atoms with Gasteiger partial charge in [0.25, 0.3) is 0 Å². The van der Waals surface area contributed by atoms with Gasteiger partial charge in [-0.3, -0.25) is 4.79 Å². The zero-order chi connectivity index (χ0) is 25.1. The van der Waals surface area contributed by atoms with E-state index in [0.29, 0.717) is 11.7 Å². The standard InChI is InChI=1S/C33H48O3/c1-2-3-4-5-6-7-11-16-31(34)33(24-22-28(23-25-33)27-14-9-8-10-15-27)29-18-20-30(21-19-29)36-32-17-12-13-26-35-32/h8-10,14-15,22-24,29-30,32H,2-7,11-13,16-21,25-26H2,1H3. The Balaban J connectivity index is 1.36. The Morgan fingerprint density at radius 2 is 1.69 bits per heavy atom. The second-order valence-electron chi connectivity index (χ2n) is 11.3. The zero-order valence-electron chi connectivity index (χ0n) is 22.6. The number of carbonyl (C=O) groups is 1. The van der Waals surface area contributed by atoms with Crippen LogP contribution in [0, 0.1) is 11.3 Å². The van der Waals surface area contributed by atoms with Gasteiger partial charge >= 0.3 is 0 Å². The summed E-state index contributed by atoms with van der Waals surface area (Å²) in [5.41, 5.74) is 2.15. The highest BCUT2D eigenvalue weighted by Gasteiger charge is 2.44. The fourth-order valence-corrected chi connectivity index (χ4v) is 6.46. The molecule has 1 aliphatic heterocycles. The van der Waals surface area contributed by atoms with Gasteiger partial charge in [0.1, 0.15) is 5.78 Å². The summed E-state index contributed by atoms with van der Waals surface area (Å²) in [5, 5.41) is 0. The van der Waals surface area contributed by atoms with Crippen molar-refractivity contribution in [3.8, 4) is 0 Å². The summed E-state index contributed by atoms with van der Waals surface area (Å²) in [5.74, 6) is 0.877. The molecule has 2 fully saturated rings. The van der Waals surface area contributed by atoms with E-state index < -0.39 is 0 Å². The van der Waals surface area contributed by atoms with E-state index in [1.54, 1.807) is 0 Å². The Labute approximate surface area is 219 Å². The van der Waals surface area contributed by atoms with Gasteiger partial charge in [0.05, 0.1) is 11.5 Å². The maximum absolute atomic E-state index is 13.9. The number of ketones is 1. The molecular weight excluding hydrogens is 444 g/mol. The Morgan fingerprint density at radius 1 is 0.944 bits per heavy atom. The van der Waals surface area contributed by atoms with Crippen LogP contribution in [0.1, 0.15) is 115 Å². The molecule has 1 aromatic carbocycles. The van der Waals surface area contributed by atoms with Crippen molar-refractivity contribution < 1.29 is 14.3 Å². The third-order valence-electron chi connectivity index (χ3n) is 8.74. The lowest BCUT2D eigenvalue weighted by Gasteiger charge is -2.43. The Bertz CT molecular complexity index is 843. The van der Waals surface area contributed by atoms with Crippen molar-refractivity contribution in [3.05, 3.63) is 54.1 Å². The third kappa shape index (κ3) is 7.42. The van der Waals surface area contributed by atoms with Crippen molar-refractivity contribution in [2.75, 3.05) is 6.61 Å². The van der Waals surface area contributed by atoms with Crippen LogP contribution in [0.2, 0.25) is 0 Å². The smallest absolute Gasteiger partial charge is 0.157 e. The van der Waals surface area contributed by atoms with E-state index in [2.05, 4.69) is 55.5 Å². The van der Waals surface area contributed by atoms with Crippen molar-refractivity contribution >= 4 is 11.4 Å². The molecule has 3 aliphatic rings. The van der Waals surface area contributed by atoms with Crippen LogP contribution >= 0.6 is 0 Å². The molecule has 0 N–H and O–H groups in total. The van der Waals surface area contributed by atoms with Crippen LogP contribution in [0.15, 0.2) is 48.6 Å². The summed E-state index contributed by atoms with van der Waals surface area (Å²) in [6.07, 6.45) is 25.0. The largest absolute Gasteiger partial charge is 0.353 e. The van der Waals surface area contributed by atoms with Gasteiger partial charge in [-0.1, -0.05) is 94.0 Å². The first-order valence-electron chi connectivity index (χ1n) is 15.0. The van der Waals surface area contributed by atoms with Crippen molar-refractivity contribution in [3.63, 3.8) is 0 Å². The van der Waals surface area contributed by atoms with E-state index >= 15 is 0 Å². The van der Waals surface area contributed by atoms with E-state index in [-0.39, 0.29) is 17.8 Å². The highest BCUT2D eigenvalue weighted by molar-refractivity contribution is 5.90. The Kier molecular flexibility index (Phi) is 10.8. The van der Waals surface area contributed by atoms with E-state index in [1.165, 1.54) is 56.1 Å². The normalized spacial score (nSPS) is 28.6. The summed E-state index contributed by atoms with van der Waals surface area (Å²) >= 11 is 0. The molecule has 0 amide bonds. The summed E-state index contributed by atoms with van der Waals surface area (Å²) in [7, 11) is 0. The minimum absolute atomic E-state index is 0.0147. The van der Waals surface area contributed by atoms with Gasteiger partial charge in [0.15, 0.2) is 6.29 Å². The lowest BCUT2D eigenvalue weighted by molar-refractivity contribution is -0.196. The molecule has 3 heteroatoms. The number of hydrogen-bond donors (Lipinski definition) is 0. The maximum atomic E-state index is 13.9. The van der Waals surface area contributed by atoms with Crippen molar-refractivity contribution in [1.29, 1.82) is 0 Å². The predicted molar refractivity (Wildman–Crippen MR) is 149 cm³/mol. The number of hydrogen-bond acceptors (Lipinski definition) is 3. The summed E-state index contributed by atoms with van der Waals surface area (Å²) in [6.45, 7) is 3.09. The molecule has 0 bridgehead atoms. The summed E-state index contributed by atoms with van der Waals surface area (Å²) < 4.78 is 12.1. The minimum atomic E-state index is -0.340. The van der Waals surface area contributed by atoms with Crippen LogP contribution in [0.3, 0.4) is 0 Å². The van der Waals surface area contributed by atoms with Crippen LogP contribution in [0.4, 0.5) is 0 Å². The van der Waals surface area contributed by atoms with Gasteiger partial charge in [-0.25, -0.2) is 0 Å². The molecule has 198 valence electrons. The quantitative estimate of drug-likeness (QED) is 0.258. The molecule has 0 spiro atoms.